The number of halogens is 3. The van der Waals surface area contributed by atoms with Gasteiger partial charge in [-0.3, -0.25) is 4.79 Å². The molecule has 20 heavy (non-hydrogen) atoms. The largest absolute Gasteiger partial charge is 0.292 e. The van der Waals surface area contributed by atoms with Gasteiger partial charge in [-0.25, -0.2) is 4.39 Å². The number of ketones is 1. The Balaban J connectivity index is 2.45. The topological polar surface area (TPSA) is 40.9 Å². The van der Waals surface area contributed by atoms with Gasteiger partial charge in [0.25, 0.3) is 0 Å². The molecule has 0 aromatic heterocycles. The third-order valence-corrected chi connectivity index (χ3v) is 3.67. The first-order chi connectivity index (χ1) is 9.52. The standard InChI is InChI=1S/C15H8Br2FNO/c16-10-5-9(6-11(17)7-10)15(20)13(8-19)12-3-1-2-4-14(12)18/h1-7,13H. The van der Waals surface area contributed by atoms with Crippen LogP contribution in [0.15, 0.2) is 51.4 Å². The van der Waals surface area contributed by atoms with Crippen molar-refractivity contribution < 1.29 is 9.18 Å². The fourth-order valence-electron chi connectivity index (χ4n) is 1.84. The monoisotopic (exact) mass is 395 g/mol. The van der Waals surface area contributed by atoms with E-state index in [0.717, 1.165) is 0 Å². The quantitative estimate of drug-likeness (QED) is 0.696. The van der Waals surface area contributed by atoms with Gasteiger partial charge < -0.3 is 0 Å². The zero-order chi connectivity index (χ0) is 14.7. The van der Waals surface area contributed by atoms with Crippen molar-refractivity contribution in [3.8, 4) is 6.07 Å². The lowest BCUT2D eigenvalue weighted by Gasteiger charge is -2.10. The van der Waals surface area contributed by atoms with E-state index in [2.05, 4.69) is 31.9 Å². The van der Waals surface area contributed by atoms with Crippen LogP contribution in [0.2, 0.25) is 0 Å². The summed E-state index contributed by atoms with van der Waals surface area (Å²) in [7, 11) is 0. The van der Waals surface area contributed by atoms with Crippen LogP contribution in [0.5, 0.6) is 0 Å². The van der Waals surface area contributed by atoms with Crippen LogP contribution < -0.4 is 0 Å². The Kier molecular flexibility index (Phi) is 4.69. The van der Waals surface area contributed by atoms with Crippen molar-refractivity contribution in [2.45, 2.75) is 5.92 Å². The molecule has 0 aliphatic carbocycles. The van der Waals surface area contributed by atoms with E-state index < -0.39 is 17.5 Å². The Hall–Kier alpha value is -1.51. The zero-order valence-corrected chi connectivity index (χ0v) is 13.3. The minimum atomic E-state index is -1.16. The van der Waals surface area contributed by atoms with Crippen LogP contribution in [-0.2, 0) is 0 Å². The van der Waals surface area contributed by atoms with Crippen LogP contribution in [0.3, 0.4) is 0 Å². The predicted molar refractivity (Wildman–Crippen MR) is 80.9 cm³/mol. The van der Waals surface area contributed by atoms with Crippen molar-refractivity contribution in [2.75, 3.05) is 0 Å². The highest BCUT2D eigenvalue weighted by atomic mass is 79.9. The minimum Gasteiger partial charge on any atom is -0.292 e. The summed E-state index contributed by atoms with van der Waals surface area (Å²) in [5.74, 6) is -2.14. The molecule has 2 aromatic rings. The number of hydrogen-bond acceptors (Lipinski definition) is 2. The molecule has 0 amide bonds. The number of rotatable bonds is 3. The number of nitriles is 1. The second kappa shape index (κ2) is 6.29. The van der Waals surface area contributed by atoms with E-state index in [1.807, 2.05) is 6.07 Å². The first-order valence-corrected chi connectivity index (χ1v) is 7.26. The van der Waals surface area contributed by atoms with Gasteiger partial charge in [-0.05, 0) is 24.3 Å². The summed E-state index contributed by atoms with van der Waals surface area (Å²) in [4.78, 5) is 12.4. The summed E-state index contributed by atoms with van der Waals surface area (Å²) in [6, 6.07) is 12.7. The van der Waals surface area contributed by atoms with Gasteiger partial charge in [0.1, 0.15) is 11.7 Å². The molecule has 100 valence electrons. The van der Waals surface area contributed by atoms with Crippen LogP contribution in [-0.4, -0.2) is 5.78 Å². The summed E-state index contributed by atoms with van der Waals surface area (Å²) >= 11 is 6.57. The molecule has 0 aliphatic rings. The molecule has 0 N–H and O–H groups in total. The Morgan fingerprint density at radius 2 is 1.75 bits per heavy atom. The average Bonchev–Trinajstić information content (AvgIpc) is 2.40. The highest BCUT2D eigenvalue weighted by Crippen LogP contribution is 2.26. The van der Waals surface area contributed by atoms with E-state index >= 15 is 0 Å². The first-order valence-electron chi connectivity index (χ1n) is 5.67. The Bertz CT molecular complexity index is 689. The van der Waals surface area contributed by atoms with Gasteiger partial charge in [-0.15, -0.1) is 0 Å². The second-order valence-corrected chi connectivity index (χ2v) is 5.94. The van der Waals surface area contributed by atoms with Crippen LogP contribution in [0.1, 0.15) is 21.8 Å². The summed E-state index contributed by atoms with van der Waals surface area (Å²) in [5.41, 5.74) is 0.442. The number of benzene rings is 2. The van der Waals surface area contributed by atoms with Crippen LogP contribution >= 0.6 is 31.9 Å². The predicted octanol–water partition coefficient (Wildman–Crippen LogP) is 4.84. The summed E-state index contributed by atoms with van der Waals surface area (Å²) in [6.45, 7) is 0. The Morgan fingerprint density at radius 1 is 1.15 bits per heavy atom. The fraction of sp³-hybridized carbons (Fsp3) is 0.0667. The number of hydrogen-bond donors (Lipinski definition) is 0. The van der Waals surface area contributed by atoms with E-state index in [9.17, 15) is 14.4 Å². The van der Waals surface area contributed by atoms with Crippen LogP contribution in [0, 0.1) is 17.1 Å². The van der Waals surface area contributed by atoms with Gasteiger partial charge in [-0.2, -0.15) is 5.26 Å². The molecular weight excluding hydrogens is 389 g/mol. The summed E-state index contributed by atoms with van der Waals surface area (Å²) < 4.78 is 15.2. The molecule has 0 radical (unpaired) electrons. The molecule has 1 unspecified atom stereocenters. The first kappa shape index (κ1) is 14.9. The molecule has 0 saturated carbocycles. The Labute approximate surface area is 132 Å². The normalized spacial score (nSPS) is 11.7. The molecule has 0 aliphatic heterocycles. The van der Waals surface area contributed by atoms with E-state index in [4.69, 9.17) is 0 Å². The Morgan fingerprint density at radius 3 is 2.30 bits per heavy atom. The van der Waals surface area contributed by atoms with Crippen molar-refractivity contribution in [1.82, 2.24) is 0 Å². The van der Waals surface area contributed by atoms with E-state index in [-0.39, 0.29) is 5.56 Å². The van der Waals surface area contributed by atoms with Gasteiger partial charge in [0.15, 0.2) is 5.78 Å². The maximum absolute atomic E-state index is 13.7. The van der Waals surface area contributed by atoms with Crippen LogP contribution in [0.4, 0.5) is 4.39 Å². The minimum absolute atomic E-state index is 0.0936. The summed E-state index contributed by atoms with van der Waals surface area (Å²) in [6.07, 6.45) is 0. The van der Waals surface area contributed by atoms with Crippen molar-refractivity contribution in [3.63, 3.8) is 0 Å². The van der Waals surface area contributed by atoms with Crippen molar-refractivity contribution >= 4 is 37.6 Å². The number of carbonyl (C=O) groups is 1. The number of carbonyl (C=O) groups excluding carboxylic acids is 1. The fourth-order valence-corrected chi connectivity index (χ4v) is 3.14. The van der Waals surface area contributed by atoms with Crippen LogP contribution in [0.25, 0.3) is 0 Å². The smallest absolute Gasteiger partial charge is 0.184 e. The molecule has 0 fully saturated rings. The maximum atomic E-state index is 13.7. The van der Waals surface area contributed by atoms with Gasteiger partial charge in [0, 0.05) is 20.1 Å². The average molecular weight is 397 g/mol. The molecule has 0 saturated heterocycles. The van der Waals surface area contributed by atoms with Gasteiger partial charge in [0.2, 0.25) is 0 Å². The zero-order valence-electron chi connectivity index (χ0n) is 10.1. The maximum Gasteiger partial charge on any atom is 0.184 e. The SMILES string of the molecule is N#CC(C(=O)c1cc(Br)cc(Br)c1)c1ccccc1F. The van der Waals surface area contributed by atoms with Gasteiger partial charge >= 0.3 is 0 Å². The molecule has 0 heterocycles. The van der Waals surface area contributed by atoms with Gasteiger partial charge in [0.05, 0.1) is 6.07 Å². The van der Waals surface area contributed by atoms with E-state index in [1.54, 1.807) is 24.3 Å². The molecule has 0 bridgehead atoms. The van der Waals surface area contributed by atoms with E-state index in [1.165, 1.54) is 18.2 Å². The molecule has 0 spiro atoms. The number of Topliss-reactive ketones (excluding diaryl/α,β-unsaturated/α-hetero) is 1. The molecular formula is C15H8Br2FNO. The highest BCUT2D eigenvalue weighted by Gasteiger charge is 2.24. The molecule has 5 heteroatoms. The molecule has 2 nitrogen and oxygen atoms in total. The van der Waals surface area contributed by atoms with Crippen molar-refractivity contribution in [1.29, 1.82) is 5.26 Å². The third kappa shape index (κ3) is 3.14. The van der Waals surface area contributed by atoms with Crippen molar-refractivity contribution in [3.05, 3.63) is 68.4 Å². The van der Waals surface area contributed by atoms with Gasteiger partial charge in [-0.1, -0.05) is 50.1 Å². The lowest BCUT2D eigenvalue weighted by molar-refractivity contribution is 0.0977. The molecule has 2 rings (SSSR count). The molecule has 1 atom stereocenters. The lowest BCUT2D eigenvalue weighted by atomic mass is 9.91. The third-order valence-electron chi connectivity index (χ3n) is 2.75. The van der Waals surface area contributed by atoms with E-state index in [0.29, 0.717) is 14.5 Å². The number of nitrogens with zero attached hydrogens (tertiary/aromatic N) is 1. The summed E-state index contributed by atoms with van der Waals surface area (Å²) in [5, 5.41) is 9.21. The second-order valence-electron chi connectivity index (χ2n) is 4.11. The highest BCUT2D eigenvalue weighted by molar-refractivity contribution is 9.11. The molecule has 2 aromatic carbocycles. The van der Waals surface area contributed by atoms with Crippen molar-refractivity contribution in [2.24, 2.45) is 0 Å². The lowest BCUT2D eigenvalue weighted by Crippen LogP contribution is -2.12.